The molecule has 0 saturated heterocycles. The van der Waals surface area contributed by atoms with Gasteiger partial charge in [-0.2, -0.15) is 0 Å². The summed E-state index contributed by atoms with van der Waals surface area (Å²) < 4.78 is 46.5. The molecule has 0 spiro atoms. The molecule has 0 aliphatic heterocycles. The van der Waals surface area contributed by atoms with Crippen LogP contribution in [-0.4, -0.2) is 17.1 Å². The summed E-state index contributed by atoms with van der Waals surface area (Å²) in [6.07, 6.45) is 1.19. The molecule has 2 rings (SSSR count). The van der Waals surface area contributed by atoms with Crippen molar-refractivity contribution in [3.63, 3.8) is 0 Å². The van der Waals surface area contributed by atoms with Crippen LogP contribution in [0.15, 0.2) is 23.3 Å². The van der Waals surface area contributed by atoms with Crippen LogP contribution in [0.3, 0.4) is 0 Å². The SMILES string of the molecule is CCOC(=O)c1cn(/C(C)=C/[O-])c2c(F)c(F)c(F)cc2c1=O.[Na+]. The van der Waals surface area contributed by atoms with E-state index in [0.717, 1.165) is 10.8 Å². The van der Waals surface area contributed by atoms with Crippen LogP contribution in [0.5, 0.6) is 0 Å². The van der Waals surface area contributed by atoms with Gasteiger partial charge in [-0.1, -0.05) is 0 Å². The molecule has 5 nitrogen and oxygen atoms in total. The Hall–Kier alpha value is -1.77. The van der Waals surface area contributed by atoms with Crippen molar-refractivity contribution in [1.82, 2.24) is 4.57 Å². The molecular formula is C15H11F3NNaO4. The molecular weight excluding hydrogens is 338 g/mol. The van der Waals surface area contributed by atoms with Crippen LogP contribution in [0.25, 0.3) is 16.6 Å². The van der Waals surface area contributed by atoms with Gasteiger partial charge in [-0.3, -0.25) is 4.79 Å². The predicted molar refractivity (Wildman–Crippen MR) is 74.0 cm³/mol. The van der Waals surface area contributed by atoms with Gasteiger partial charge in [-0.25, -0.2) is 18.0 Å². The monoisotopic (exact) mass is 349 g/mol. The maximum Gasteiger partial charge on any atom is 1.00 e. The number of hydrogen-bond donors (Lipinski definition) is 0. The summed E-state index contributed by atoms with van der Waals surface area (Å²) in [6, 6.07) is 0.480. The molecule has 0 unspecified atom stereocenters. The number of pyridine rings is 1. The molecule has 0 fully saturated rings. The minimum atomic E-state index is -1.78. The van der Waals surface area contributed by atoms with Crippen LogP contribution in [0.1, 0.15) is 24.2 Å². The fourth-order valence-corrected chi connectivity index (χ4v) is 2.08. The molecule has 0 aliphatic rings. The van der Waals surface area contributed by atoms with Crippen LogP contribution < -0.4 is 40.1 Å². The van der Waals surface area contributed by atoms with Crippen molar-refractivity contribution in [3.8, 4) is 0 Å². The van der Waals surface area contributed by atoms with Gasteiger partial charge in [0.1, 0.15) is 5.56 Å². The molecule has 0 radical (unpaired) electrons. The van der Waals surface area contributed by atoms with Crippen LogP contribution >= 0.6 is 0 Å². The smallest absolute Gasteiger partial charge is 0.877 e. The summed E-state index contributed by atoms with van der Waals surface area (Å²) >= 11 is 0. The van der Waals surface area contributed by atoms with Gasteiger partial charge in [0.15, 0.2) is 17.5 Å². The summed E-state index contributed by atoms with van der Waals surface area (Å²) in [6.45, 7) is 2.74. The molecule has 0 saturated carbocycles. The molecule has 0 N–H and O–H groups in total. The molecule has 9 heteroatoms. The number of carbonyl (C=O) groups is 1. The Balaban J connectivity index is 0.00000288. The third-order valence-corrected chi connectivity index (χ3v) is 3.17. The number of benzene rings is 1. The fourth-order valence-electron chi connectivity index (χ4n) is 2.08. The van der Waals surface area contributed by atoms with Gasteiger partial charge >= 0.3 is 35.5 Å². The maximum absolute atomic E-state index is 14.1. The minimum Gasteiger partial charge on any atom is -0.877 e. The molecule has 0 amide bonds. The quantitative estimate of drug-likeness (QED) is 0.301. The van der Waals surface area contributed by atoms with Gasteiger partial charge in [0.25, 0.3) is 0 Å². The number of hydrogen-bond acceptors (Lipinski definition) is 4. The van der Waals surface area contributed by atoms with Crippen molar-refractivity contribution >= 4 is 22.6 Å². The zero-order chi connectivity index (χ0) is 17.3. The van der Waals surface area contributed by atoms with E-state index in [1.807, 2.05) is 0 Å². The topological polar surface area (TPSA) is 71.4 Å². The summed E-state index contributed by atoms with van der Waals surface area (Å²) in [4.78, 5) is 24.1. The number of ether oxygens (including phenoxy) is 1. The maximum atomic E-state index is 14.1. The van der Waals surface area contributed by atoms with E-state index in [1.165, 1.54) is 13.8 Å². The molecule has 1 aromatic heterocycles. The third-order valence-electron chi connectivity index (χ3n) is 3.17. The van der Waals surface area contributed by atoms with Crippen LogP contribution in [0.4, 0.5) is 13.2 Å². The second-order valence-corrected chi connectivity index (χ2v) is 4.60. The van der Waals surface area contributed by atoms with Crippen molar-refractivity contribution in [2.45, 2.75) is 13.8 Å². The molecule has 0 aliphatic carbocycles. The van der Waals surface area contributed by atoms with E-state index >= 15 is 0 Å². The Morgan fingerprint density at radius 1 is 1.33 bits per heavy atom. The van der Waals surface area contributed by atoms with E-state index < -0.39 is 45.3 Å². The molecule has 122 valence electrons. The summed E-state index contributed by atoms with van der Waals surface area (Å²) in [5.74, 6) is -6.01. The first kappa shape index (κ1) is 20.3. The van der Waals surface area contributed by atoms with Crippen LogP contribution in [-0.2, 0) is 4.74 Å². The molecule has 0 bridgehead atoms. The average Bonchev–Trinajstić information content (AvgIpc) is 2.53. The van der Waals surface area contributed by atoms with E-state index in [-0.39, 0.29) is 41.9 Å². The first-order valence-corrected chi connectivity index (χ1v) is 6.52. The normalized spacial score (nSPS) is 11.3. The van der Waals surface area contributed by atoms with E-state index in [0.29, 0.717) is 12.3 Å². The zero-order valence-corrected chi connectivity index (χ0v) is 15.2. The second-order valence-electron chi connectivity index (χ2n) is 4.60. The average molecular weight is 349 g/mol. The molecule has 1 heterocycles. The molecule has 24 heavy (non-hydrogen) atoms. The Morgan fingerprint density at radius 2 is 1.96 bits per heavy atom. The van der Waals surface area contributed by atoms with E-state index in [4.69, 9.17) is 4.74 Å². The standard InChI is InChI=1S/C15H12F3NO4.Na/c1-3-23-15(22)9-5-19(7(2)6-20)13-8(14(9)21)4-10(16)11(17)12(13)18;/h4-6,20H,3H2,1-2H3;/q;+1/p-1/b7-6+;. The van der Waals surface area contributed by atoms with Gasteiger partial charge in [0.05, 0.1) is 17.5 Å². The Bertz CT molecular complexity index is 893. The first-order valence-electron chi connectivity index (χ1n) is 6.52. The number of allylic oxidation sites excluding steroid dienone is 1. The summed E-state index contributed by atoms with van der Waals surface area (Å²) in [5, 5.41) is 10.4. The van der Waals surface area contributed by atoms with Crippen molar-refractivity contribution in [2.75, 3.05) is 6.61 Å². The van der Waals surface area contributed by atoms with Crippen LogP contribution in [0.2, 0.25) is 0 Å². The predicted octanol–water partition coefficient (Wildman–Crippen LogP) is -1.22. The van der Waals surface area contributed by atoms with Crippen molar-refractivity contribution in [3.05, 3.63) is 51.8 Å². The number of halogens is 3. The third kappa shape index (κ3) is 3.35. The summed E-state index contributed by atoms with van der Waals surface area (Å²) in [7, 11) is 0. The zero-order valence-electron chi connectivity index (χ0n) is 13.2. The largest absolute Gasteiger partial charge is 1.00 e. The van der Waals surface area contributed by atoms with Gasteiger partial charge in [-0.05, 0) is 19.9 Å². The first-order chi connectivity index (χ1) is 10.8. The molecule has 1 aromatic carbocycles. The number of fused-ring (bicyclic) bond motifs is 1. The van der Waals surface area contributed by atoms with E-state index in [2.05, 4.69) is 0 Å². The van der Waals surface area contributed by atoms with Gasteiger partial charge in [0.2, 0.25) is 5.43 Å². The Morgan fingerprint density at radius 3 is 2.50 bits per heavy atom. The van der Waals surface area contributed by atoms with Crippen molar-refractivity contribution in [1.29, 1.82) is 0 Å². The number of esters is 1. The van der Waals surface area contributed by atoms with Crippen molar-refractivity contribution < 1.29 is 57.4 Å². The minimum absolute atomic E-state index is 0. The van der Waals surface area contributed by atoms with E-state index in [1.54, 1.807) is 0 Å². The molecule has 0 atom stereocenters. The Kier molecular flexibility index (Phi) is 6.65. The summed E-state index contributed by atoms with van der Waals surface area (Å²) in [5.41, 5.74) is -2.31. The number of rotatable bonds is 3. The number of aromatic nitrogens is 1. The number of carbonyl (C=O) groups excluding carboxylic acids is 1. The fraction of sp³-hybridized carbons (Fsp3) is 0.200. The second kappa shape index (κ2) is 7.87. The van der Waals surface area contributed by atoms with Gasteiger partial charge < -0.3 is 14.4 Å². The Labute approximate surface area is 156 Å². The van der Waals surface area contributed by atoms with Gasteiger partial charge in [-0.15, -0.1) is 6.26 Å². The van der Waals surface area contributed by atoms with E-state index in [9.17, 15) is 27.9 Å². The number of nitrogens with zero attached hydrogens (tertiary/aromatic N) is 1. The van der Waals surface area contributed by atoms with Gasteiger partial charge in [0, 0.05) is 11.9 Å². The molecule has 2 aromatic rings. The van der Waals surface area contributed by atoms with Crippen LogP contribution in [0, 0.1) is 17.5 Å². The van der Waals surface area contributed by atoms with Crippen molar-refractivity contribution in [2.24, 2.45) is 0 Å².